The molecule has 0 bridgehead atoms. The fraction of sp³-hybridized carbons (Fsp3) is 0.211. The van der Waals surface area contributed by atoms with Gasteiger partial charge in [0.15, 0.2) is 0 Å². The Kier molecular flexibility index (Phi) is 330. The molecular weight excluding hydrogens is 2690 g/mol. The summed E-state index contributed by atoms with van der Waals surface area (Å²) >= 11 is 30.2. The number of nitrogens with zero attached hydrogens (tertiary/aromatic N) is 2. The first-order chi connectivity index (χ1) is 24.0. The first kappa shape index (κ1) is 129. The zero-order chi connectivity index (χ0) is 42.6. The van der Waals surface area contributed by atoms with Crippen LogP contribution < -0.4 is 116 Å². The summed E-state index contributed by atoms with van der Waals surface area (Å²) in [5.74, 6) is -0.618. The van der Waals surface area contributed by atoms with Crippen LogP contribution in [0.4, 0.5) is 8.78 Å². The van der Waals surface area contributed by atoms with Crippen LogP contribution in [0.25, 0.3) is 11.1 Å². The number of hydrogen-bond acceptors (Lipinski definition) is 1. The van der Waals surface area contributed by atoms with Crippen LogP contribution in [0.15, 0.2) is 30.3 Å². The number of halogens is 2. The average molecular weight is 2700 g/mol. The van der Waals surface area contributed by atoms with Crippen LogP contribution >= 0.6 is 0 Å². The van der Waals surface area contributed by atoms with Gasteiger partial charge in [-0.1, -0.05) is 12.5 Å². The van der Waals surface area contributed by atoms with Crippen molar-refractivity contribution in [2.45, 2.75) is 20.3 Å². The maximum absolute atomic E-state index is 14.1. The molecule has 1 aromatic heterocycles. The van der Waals surface area contributed by atoms with E-state index < -0.39 is 0 Å². The molecule has 0 fully saturated rings. The number of aromatic nitrogens is 2. The zero-order valence-corrected chi connectivity index (χ0v) is 179. The van der Waals surface area contributed by atoms with Gasteiger partial charge in [0, 0.05) is 30.1 Å². The minimum atomic E-state index is -0.338. The van der Waals surface area contributed by atoms with Crippen molar-refractivity contribution >= 4 is 880 Å². The fourth-order valence-electron chi connectivity index (χ4n) is 2.72. The van der Waals surface area contributed by atoms with E-state index in [0.29, 0.717) is 12.0 Å². The molecule has 3 aromatic rings. The summed E-state index contributed by atoms with van der Waals surface area (Å²) in [6, 6.07) is 13.5. The molecule has 0 atom stereocenters. The predicted octanol–water partition coefficient (Wildman–Crippen LogP) is -11.7. The number of rotatable bonds is 3. The van der Waals surface area contributed by atoms with E-state index in [1.54, 1.807) is 16.8 Å². The van der Waals surface area contributed by atoms with Gasteiger partial charge >= 0.3 is 997 Å². The second-order valence-corrected chi connectivity index (χ2v) is 5.63. The molecule has 0 aliphatic rings. The third kappa shape index (κ3) is 100. The quantitative estimate of drug-likeness (QED) is 0.239. The van der Waals surface area contributed by atoms with E-state index in [-0.39, 0.29) is 128 Å². The maximum atomic E-state index is 14.1. The van der Waals surface area contributed by atoms with Crippen molar-refractivity contribution in [3.05, 3.63) is 76.6 Å². The Labute approximate surface area is 1050 Å². The van der Waals surface area contributed by atoms with Gasteiger partial charge in [-0.25, -0.2) is 0 Å². The van der Waals surface area contributed by atoms with Crippen LogP contribution in [-0.2, 0) is 13.5 Å². The van der Waals surface area contributed by atoms with Crippen molar-refractivity contribution in [2.24, 2.45) is 7.05 Å². The van der Waals surface area contributed by atoms with Crippen molar-refractivity contribution in [1.29, 1.82) is 0 Å². The molecule has 0 aliphatic heterocycles. The second-order valence-electron chi connectivity index (χ2n) is 5.63. The Morgan fingerprint density at radius 1 is 0.569 bits per heavy atom. The van der Waals surface area contributed by atoms with Crippen LogP contribution in [0.5, 0.6) is 0 Å². The molecule has 51 heavy (non-hydrogen) atoms. The van der Waals surface area contributed by atoms with Crippen LogP contribution in [-0.4, -0.2) is 890 Å². The first-order valence-electron chi connectivity index (χ1n) is 20.3. The van der Waals surface area contributed by atoms with Crippen LogP contribution in [0.2, 0.25) is 0 Å². The van der Waals surface area contributed by atoms with E-state index in [4.69, 9.17) is 0 Å². The van der Waals surface area contributed by atoms with Crippen molar-refractivity contribution < 1.29 is 125 Å². The summed E-state index contributed by atoms with van der Waals surface area (Å²) in [5, 5.41) is 4.42. The second kappa shape index (κ2) is 131. The molecule has 0 saturated heterocycles. The van der Waals surface area contributed by atoms with Gasteiger partial charge in [0.1, 0.15) is 0 Å². The Bertz CT molecular complexity index is 899. The molecule has 0 saturated carbocycles. The Balaban J connectivity index is -0.0000000400. The Morgan fingerprint density at radius 3 is 1.22 bits per heavy atom. The summed E-state index contributed by atoms with van der Waals surface area (Å²) in [6.45, 7) is 3.71. The standard InChI is InChI=1S/C19H16F2N2.28Rb/c1-12-4-5-15(17(21)10-12)11-18-19(13(2)22-23(18)3)14-6-8-16(20)9-7-14;;;;;;;;;;;;;;;;;;;;;;;;;;;;/h4,6,8-10H,11H2,1-3H3;;;;;;;;;;;;;;;;;;;;;;;;;;;;/q-2;;;;;;;;;;;;;;;;;;;;;;;;;;;2*+1. The van der Waals surface area contributed by atoms with Crippen LogP contribution in [0.3, 0.4) is 0 Å². The molecule has 0 aliphatic carbocycles. The van der Waals surface area contributed by atoms with Gasteiger partial charge in [0.05, 0.1) is 0 Å². The molecule has 144 valence electrons. The summed E-state index contributed by atoms with van der Waals surface area (Å²) in [5.41, 5.74) is 4.59. The monoisotopic (exact) mass is 2690 g/mol. The molecule has 2 nitrogen and oxygen atoms in total. The van der Waals surface area contributed by atoms with Crippen molar-refractivity contribution in [2.75, 3.05) is 0 Å². The van der Waals surface area contributed by atoms with E-state index in [1.807, 2.05) is 20.9 Å². The molecule has 1 heterocycles. The van der Waals surface area contributed by atoms with Gasteiger partial charge in [-0.15, -0.1) is 41.5 Å². The molecule has 3 rings (SSSR count). The summed E-state index contributed by atoms with van der Waals surface area (Å²) in [6.07, 6.45) is 0.365. The van der Waals surface area contributed by atoms with Gasteiger partial charge in [-0.3, -0.25) is 13.5 Å². The van der Waals surface area contributed by atoms with E-state index in [9.17, 15) is 8.78 Å². The molecule has 0 radical (unpaired) electrons. The molecule has 2 aromatic carbocycles. The van der Waals surface area contributed by atoms with Crippen molar-refractivity contribution in [1.82, 2.24) is 9.78 Å². The van der Waals surface area contributed by atoms with E-state index >= 15 is 0 Å². The van der Waals surface area contributed by atoms with Crippen molar-refractivity contribution in [3.8, 4) is 11.1 Å². The molecule has 0 N–H and O–H groups in total. The van der Waals surface area contributed by atoms with Gasteiger partial charge in [-0.2, -0.15) is 22.8 Å². The number of hydrogen-bond donors (Lipinski definition) is 0. The molecule has 0 spiro atoms. The third-order valence-electron chi connectivity index (χ3n) is 3.85. The van der Waals surface area contributed by atoms with E-state index in [2.05, 4.69) is 17.2 Å². The van der Waals surface area contributed by atoms with Gasteiger partial charge in [-0.05, 0) is 13.3 Å². The fourth-order valence-corrected chi connectivity index (χ4v) is 2.72. The topological polar surface area (TPSA) is 17.8 Å². The van der Waals surface area contributed by atoms with E-state index in [0.717, 1.165) is 908 Å². The van der Waals surface area contributed by atoms with E-state index in [1.165, 1.54) is 18.2 Å². The van der Waals surface area contributed by atoms with Gasteiger partial charge in [0.25, 0.3) is 0 Å². The van der Waals surface area contributed by atoms with Gasteiger partial charge < -0.3 is 0 Å². The van der Waals surface area contributed by atoms with Crippen molar-refractivity contribution in [3.63, 3.8) is 0 Å². The zero-order valence-electron chi connectivity index (χ0n) is 41.2. The average Bonchev–Trinajstić information content (AvgIpc) is 3.51. The number of aryl methyl sites for hydroxylation is 3. The van der Waals surface area contributed by atoms with Crippen LogP contribution in [0.1, 0.15) is 22.5 Å². The van der Waals surface area contributed by atoms with Crippen LogP contribution in [0, 0.1) is 37.6 Å². The van der Waals surface area contributed by atoms with Gasteiger partial charge in [0.2, 0.25) is 0 Å². The summed E-state index contributed by atoms with van der Waals surface area (Å²) in [4.78, 5) is 0. The molecule has 0 amide bonds. The predicted molar refractivity (Wildman–Crippen MR) is 235 cm³/mol. The molecule has 0 unspecified atom stereocenters. The summed E-state index contributed by atoms with van der Waals surface area (Å²) < 4.78 is 29.0. The SMILES string of the molecule is Cc1c[c-]c(Cc2c(-c3[c-]cc(F)cc3)c(C)nn2C)c(F)c1.[Rb+].[Rb+].[Rb][Rb].[Rb][Rb].[Rb][Rb].[Rb][Rb].[Rb][Rb].[Rb][Rb].[Rb][Rb].[Rb][Rb].[Rb][Rb].[Rb][Rb].[Rb][Rb].[Rb][Rb].[Rb][Rb]. The first-order valence-corrected chi connectivity index (χ1v) is 462. The molecule has 32 heteroatoms. The Hall–Kier alpha value is 48.1. The number of benzene rings is 2. The molecular formula is C19H16F2N2Rb28. The normalized spacial score (nSPS) is 7.00. The minimum absolute atomic E-state index is 0. The Morgan fingerprint density at radius 2 is 0.922 bits per heavy atom. The summed E-state index contributed by atoms with van der Waals surface area (Å²) in [7, 11) is 1.82. The third-order valence-corrected chi connectivity index (χ3v) is 3.85.